The van der Waals surface area contributed by atoms with E-state index in [4.69, 9.17) is 5.26 Å². The van der Waals surface area contributed by atoms with Crippen LogP contribution in [0, 0.1) is 11.3 Å². The van der Waals surface area contributed by atoms with Gasteiger partial charge >= 0.3 is 0 Å². The Labute approximate surface area is 128 Å². The third-order valence-corrected chi connectivity index (χ3v) is 3.20. The van der Waals surface area contributed by atoms with E-state index in [0.29, 0.717) is 18.1 Å². The summed E-state index contributed by atoms with van der Waals surface area (Å²) in [6, 6.07) is 19.5. The van der Waals surface area contributed by atoms with E-state index in [1.807, 2.05) is 47.4 Å². The van der Waals surface area contributed by atoms with E-state index in [9.17, 15) is 0 Å². The summed E-state index contributed by atoms with van der Waals surface area (Å²) in [5.74, 6) is 0.524. The van der Waals surface area contributed by atoms with Crippen LogP contribution in [0.25, 0.3) is 0 Å². The zero-order chi connectivity index (χ0) is 15.2. The van der Waals surface area contributed by atoms with Crippen LogP contribution in [0.4, 0.5) is 11.6 Å². The molecule has 0 fully saturated rings. The van der Waals surface area contributed by atoms with E-state index in [0.717, 1.165) is 11.3 Å². The molecule has 106 valence electrons. The lowest BCUT2D eigenvalue weighted by atomic mass is 10.1. The van der Waals surface area contributed by atoms with Gasteiger partial charge in [-0.1, -0.05) is 30.3 Å². The molecule has 2 aromatic carbocycles. The van der Waals surface area contributed by atoms with Crippen molar-refractivity contribution in [2.75, 3.05) is 4.90 Å². The minimum absolute atomic E-state index is 0.524. The number of benzene rings is 2. The molecule has 1 aromatic heterocycles. The summed E-state index contributed by atoms with van der Waals surface area (Å²) in [4.78, 5) is 6.24. The molecule has 3 rings (SSSR count). The topological polar surface area (TPSA) is 65.7 Å². The molecule has 0 aliphatic heterocycles. The second-order valence-electron chi connectivity index (χ2n) is 4.67. The van der Waals surface area contributed by atoms with Crippen LogP contribution in [0.2, 0.25) is 0 Å². The van der Waals surface area contributed by atoms with Crippen LogP contribution in [0.1, 0.15) is 11.1 Å². The Kier molecular flexibility index (Phi) is 4.03. The monoisotopic (exact) mass is 287 g/mol. The molecule has 1 heterocycles. The molecule has 0 N–H and O–H groups in total. The number of aromatic nitrogens is 3. The van der Waals surface area contributed by atoms with Crippen molar-refractivity contribution in [3.05, 3.63) is 78.1 Å². The SMILES string of the molecule is N#Cc1ccc(N(Cc2ccccc2)c2nccnn2)cc1. The van der Waals surface area contributed by atoms with Crippen molar-refractivity contribution >= 4 is 11.6 Å². The fourth-order valence-corrected chi connectivity index (χ4v) is 2.12. The maximum absolute atomic E-state index is 8.92. The summed E-state index contributed by atoms with van der Waals surface area (Å²) in [7, 11) is 0. The molecule has 0 spiro atoms. The largest absolute Gasteiger partial charge is 0.305 e. The summed E-state index contributed by atoms with van der Waals surface area (Å²) < 4.78 is 0. The summed E-state index contributed by atoms with van der Waals surface area (Å²) in [5.41, 5.74) is 2.67. The van der Waals surface area contributed by atoms with Crippen molar-refractivity contribution in [3.8, 4) is 6.07 Å². The van der Waals surface area contributed by atoms with Crippen molar-refractivity contribution in [1.29, 1.82) is 5.26 Å². The fourth-order valence-electron chi connectivity index (χ4n) is 2.12. The Hall–Kier alpha value is -3.26. The lowest BCUT2D eigenvalue weighted by molar-refractivity contribution is 0.862. The third-order valence-electron chi connectivity index (χ3n) is 3.20. The Bertz CT molecular complexity index is 764. The number of nitriles is 1. The van der Waals surface area contributed by atoms with Gasteiger partial charge in [0.25, 0.3) is 0 Å². The first-order valence-corrected chi connectivity index (χ1v) is 6.82. The highest BCUT2D eigenvalue weighted by molar-refractivity contribution is 5.58. The summed E-state index contributed by atoms with van der Waals surface area (Å²) in [5, 5.41) is 16.9. The predicted octanol–water partition coefficient (Wildman–Crippen LogP) is 3.08. The minimum Gasteiger partial charge on any atom is -0.305 e. The lowest BCUT2D eigenvalue weighted by Crippen LogP contribution is -2.19. The molecular formula is C17H13N5. The molecule has 0 saturated carbocycles. The Balaban J connectivity index is 1.97. The Morgan fingerprint density at radius 1 is 0.955 bits per heavy atom. The normalized spacial score (nSPS) is 9.95. The van der Waals surface area contributed by atoms with Crippen LogP contribution in [0.3, 0.4) is 0 Å². The molecule has 5 nitrogen and oxygen atoms in total. The van der Waals surface area contributed by atoms with E-state index in [2.05, 4.69) is 21.3 Å². The van der Waals surface area contributed by atoms with Crippen molar-refractivity contribution in [2.24, 2.45) is 0 Å². The van der Waals surface area contributed by atoms with Crippen LogP contribution in [-0.2, 0) is 6.54 Å². The van der Waals surface area contributed by atoms with Gasteiger partial charge in [-0.25, -0.2) is 4.98 Å². The third kappa shape index (κ3) is 3.07. The number of anilines is 2. The van der Waals surface area contributed by atoms with E-state index in [1.165, 1.54) is 0 Å². The van der Waals surface area contributed by atoms with Gasteiger partial charge in [0.05, 0.1) is 30.6 Å². The smallest absolute Gasteiger partial charge is 0.250 e. The minimum atomic E-state index is 0.524. The first-order valence-electron chi connectivity index (χ1n) is 6.82. The van der Waals surface area contributed by atoms with Gasteiger partial charge in [-0.05, 0) is 29.8 Å². The molecule has 0 radical (unpaired) electrons. The highest BCUT2D eigenvalue weighted by atomic mass is 15.3. The van der Waals surface area contributed by atoms with Crippen molar-refractivity contribution in [2.45, 2.75) is 6.54 Å². The summed E-state index contributed by atoms with van der Waals surface area (Å²) in [6.07, 6.45) is 3.16. The van der Waals surface area contributed by atoms with Crippen LogP contribution in [0.15, 0.2) is 67.0 Å². The second-order valence-corrected chi connectivity index (χ2v) is 4.67. The van der Waals surface area contributed by atoms with Gasteiger partial charge in [-0.3, -0.25) is 0 Å². The predicted molar refractivity (Wildman–Crippen MR) is 83.3 cm³/mol. The molecule has 22 heavy (non-hydrogen) atoms. The van der Waals surface area contributed by atoms with Crippen molar-refractivity contribution in [3.63, 3.8) is 0 Å². The van der Waals surface area contributed by atoms with Crippen LogP contribution in [-0.4, -0.2) is 15.2 Å². The van der Waals surface area contributed by atoms with E-state index in [-0.39, 0.29) is 0 Å². The number of nitrogens with zero attached hydrogens (tertiary/aromatic N) is 5. The maximum Gasteiger partial charge on any atom is 0.250 e. The van der Waals surface area contributed by atoms with Crippen LogP contribution in [0.5, 0.6) is 0 Å². The Morgan fingerprint density at radius 2 is 1.73 bits per heavy atom. The highest BCUT2D eigenvalue weighted by Crippen LogP contribution is 2.24. The molecule has 5 heteroatoms. The van der Waals surface area contributed by atoms with Gasteiger partial charge in [0.2, 0.25) is 5.95 Å². The molecular weight excluding hydrogens is 274 g/mol. The van der Waals surface area contributed by atoms with Crippen LogP contribution >= 0.6 is 0 Å². The molecule has 0 atom stereocenters. The molecule has 0 aliphatic rings. The fraction of sp³-hybridized carbons (Fsp3) is 0.0588. The average Bonchev–Trinajstić information content (AvgIpc) is 2.61. The van der Waals surface area contributed by atoms with Crippen molar-refractivity contribution in [1.82, 2.24) is 15.2 Å². The van der Waals surface area contributed by atoms with Crippen LogP contribution < -0.4 is 4.90 Å². The quantitative estimate of drug-likeness (QED) is 0.737. The van der Waals surface area contributed by atoms with E-state index in [1.54, 1.807) is 24.5 Å². The molecule has 0 amide bonds. The number of rotatable bonds is 4. The van der Waals surface area contributed by atoms with Gasteiger partial charge in [0.15, 0.2) is 0 Å². The number of hydrogen-bond acceptors (Lipinski definition) is 5. The van der Waals surface area contributed by atoms with E-state index < -0.39 is 0 Å². The summed E-state index contributed by atoms with van der Waals surface area (Å²) >= 11 is 0. The first-order chi connectivity index (χ1) is 10.9. The molecule has 0 unspecified atom stereocenters. The second kappa shape index (κ2) is 6.46. The maximum atomic E-state index is 8.92. The zero-order valence-corrected chi connectivity index (χ0v) is 11.8. The molecule has 0 bridgehead atoms. The standard InChI is InChI=1S/C17H13N5/c18-12-14-6-8-16(9-7-14)22(17-19-10-11-20-21-17)13-15-4-2-1-3-5-15/h1-11H,13H2. The molecule has 3 aromatic rings. The number of hydrogen-bond donors (Lipinski definition) is 0. The Morgan fingerprint density at radius 3 is 2.36 bits per heavy atom. The zero-order valence-electron chi connectivity index (χ0n) is 11.8. The molecule has 0 aliphatic carbocycles. The molecule has 0 saturated heterocycles. The van der Waals surface area contributed by atoms with Gasteiger partial charge in [-0.15, -0.1) is 5.10 Å². The average molecular weight is 287 g/mol. The van der Waals surface area contributed by atoms with Crippen molar-refractivity contribution < 1.29 is 0 Å². The summed E-state index contributed by atoms with van der Waals surface area (Å²) in [6.45, 7) is 0.623. The first kappa shape index (κ1) is 13.7. The highest BCUT2D eigenvalue weighted by Gasteiger charge is 2.13. The van der Waals surface area contributed by atoms with Gasteiger partial charge in [-0.2, -0.15) is 10.4 Å². The van der Waals surface area contributed by atoms with Gasteiger partial charge in [0, 0.05) is 5.69 Å². The van der Waals surface area contributed by atoms with Gasteiger partial charge in [0.1, 0.15) is 0 Å². The van der Waals surface area contributed by atoms with E-state index >= 15 is 0 Å². The lowest BCUT2D eigenvalue weighted by Gasteiger charge is -2.22. The van der Waals surface area contributed by atoms with Gasteiger partial charge < -0.3 is 4.90 Å².